The van der Waals surface area contributed by atoms with Crippen LogP contribution in [0.4, 0.5) is 0 Å². The molecule has 0 saturated heterocycles. The molecule has 2 rings (SSSR count). The Balaban J connectivity index is 2.27. The molecule has 0 radical (unpaired) electrons. The maximum Gasteiger partial charge on any atom is 0.309 e. The zero-order chi connectivity index (χ0) is 24.8. The minimum atomic E-state index is -1.21. The predicted molar refractivity (Wildman–Crippen MR) is 132 cm³/mol. The number of rotatable bonds is 2. The topological polar surface area (TPSA) is 96.7 Å². The van der Waals surface area contributed by atoms with Gasteiger partial charge in [-0.15, -0.1) is 11.3 Å². The van der Waals surface area contributed by atoms with Gasteiger partial charge in [-0.2, -0.15) is 0 Å². The molecule has 6 nitrogen and oxygen atoms in total. The third-order valence-electron chi connectivity index (χ3n) is 6.68. The van der Waals surface area contributed by atoms with Crippen molar-refractivity contribution in [1.29, 1.82) is 0 Å². The number of hydrogen-bond acceptors (Lipinski definition) is 7. The van der Waals surface area contributed by atoms with Crippen molar-refractivity contribution in [3.63, 3.8) is 0 Å². The highest BCUT2D eigenvalue weighted by atomic mass is 32.1. The van der Waals surface area contributed by atoms with Crippen molar-refractivity contribution < 1.29 is 24.5 Å². The molecule has 1 aromatic heterocycles. The van der Waals surface area contributed by atoms with Crippen molar-refractivity contribution >= 4 is 29.2 Å². The number of allylic oxidation sites excluding steroid dienone is 1. The Kier molecular flexibility index (Phi) is 10.0. The van der Waals surface area contributed by atoms with Crippen LogP contribution in [-0.4, -0.2) is 45.3 Å². The van der Waals surface area contributed by atoms with E-state index >= 15 is 0 Å². The van der Waals surface area contributed by atoms with Crippen LogP contribution < -0.4 is 0 Å². The highest BCUT2D eigenvalue weighted by molar-refractivity contribution is 7.09. The SMILES string of the molecule is CC(=Cc1csc(C)n1)C1CC=CCCC[C@H](C)[C@H](O)[C@@H](C)C(=O)C(C)(C)[C@@H](O)CC(=O)O1. The van der Waals surface area contributed by atoms with Crippen molar-refractivity contribution in [2.24, 2.45) is 17.3 Å². The second kappa shape index (κ2) is 12.0. The predicted octanol–water partition coefficient (Wildman–Crippen LogP) is 4.88. The number of aliphatic hydroxyl groups excluding tert-OH is 2. The molecule has 0 fully saturated rings. The lowest BCUT2D eigenvalue weighted by Gasteiger charge is -2.34. The largest absolute Gasteiger partial charge is 0.457 e. The molecule has 0 amide bonds. The van der Waals surface area contributed by atoms with Gasteiger partial charge in [-0.25, -0.2) is 4.98 Å². The fourth-order valence-corrected chi connectivity index (χ4v) is 4.75. The van der Waals surface area contributed by atoms with Crippen LogP contribution in [-0.2, 0) is 14.3 Å². The number of Topliss-reactive ketones (excluding diaryl/α,β-unsaturated/α-hetero) is 1. The van der Waals surface area contributed by atoms with Gasteiger partial charge < -0.3 is 14.9 Å². The van der Waals surface area contributed by atoms with Crippen molar-refractivity contribution in [2.75, 3.05) is 0 Å². The van der Waals surface area contributed by atoms with Crippen molar-refractivity contribution in [1.82, 2.24) is 4.98 Å². The van der Waals surface area contributed by atoms with E-state index < -0.39 is 35.6 Å². The summed E-state index contributed by atoms with van der Waals surface area (Å²) in [6.45, 7) is 10.8. The Labute approximate surface area is 201 Å². The number of carbonyl (C=O) groups excluding carboxylic acids is 2. The molecule has 184 valence electrons. The summed E-state index contributed by atoms with van der Waals surface area (Å²) in [5, 5.41) is 24.4. The molecular weight excluding hydrogens is 438 g/mol. The number of carbonyl (C=O) groups is 2. The van der Waals surface area contributed by atoms with Crippen LogP contribution in [0, 0.1) is 24.2 Å². The molecule has 1 aliphatic rings. The summed E-state index contributed by atoms with van der Waals surface area (Å²) in [7, 11) is 0. The van der Waals surface area contributed by atoms with Crippen molar-refractivity contribution in [2.45, 2.75) is 92.0 Å². The lowest BCUT2D eigenvalue weighted by atomic mass is 9.73. The molecule has 0 saturated carbocycles. The Morgan fingerprint density at radius 3 is 2.58 bits per heavy atom. The van der Waals surface area contributed by atoms with E-state index in [9.17, 15) is 19.8 Å². The Bertz CT molecular complexity index is 872. The summed E-state index contributed by atoms with van der Waals surface area (Å²) in [6.07, 6.45) is 6.28. The molecule has 0 bridgehead atoms. The molecule has 1 aromatic rings. The van der Waals surface area contributed by atoms with E-state index in [1.807, 2.05) is 38.3 Å². The summed E-state index contributed by atoms with van der Waals surface area (Å²) < 4.78 is 5.75. The standard InChI is InChI=1S/C26H39NO5S/c1-16-11-9-7-8-10-12-21(17(2)13-20-15-33-19(4)27-20)32-23(29)14-22(28)26(5,6)25(31)18(3)24(16)30/h8,10,13,15-16,18,21-22,24,28,30H,7,9,11-12,14H2,1-6H3/t16-,18+,21?,22-,24-/m0/s1. The first kappa shape index (κ1) is 27.4. The fourth-order valence-electron chi connectivity index (χ4n) is 4.18. The molecule has 2 N–H and O–H groups in total. The summed E-state index contributed by atoms with van der Waals surface area (Å²) in [5.41, 5.74) is 0.513. The number of ether oxygens (including phenoxy) is 1. The Morgan fingerprint density at radius 2 is 1.94 bits per heavy atom. The van der Waals surface area contributed by atoms with Crippen LogP contribution in [0.25, 0.3) is 6.08 Å². The lowest BCUT2D eigenvalue weighted by molar-refractivity contribution is -0.154. The van der Waals surface area contributed by atoms with Gasteiger partial charge in [0, 0.05) is 17.7 Å². The van der Waals surface area contributed by atoms with E-state index in [-0.39, 0.29) is 18.1 Å². The summed E-state index contributed by atoms with van der Waals surface area (Å²) in [5.74, 6) is -1.48. The van der Waals surface area contributed by atoms with Gasteiger partial charge in [-0.1, -0.05) is 39.8 Å². The molecule has 1 unspecified atom stereocenters. The number of aryl methyl sites for hydroxylation is 1. The summed E-state index contributed by atoms with van der Waals surface area (Å²) in [6, 6.07) is 0. The van der Waals surface area contributed by atoms with E-state index in [2.05, 4.69) is 11.1 Å². The van der Waals surface area contributed by atoms with Crippen molar-refractivity contribution in [3.8, 4) is 0 Å². The fraction of sp³-hybridized carbons (Fsp3) is 0.654. The monoisotopic (exact) mass is 477 g/mol. The second-order valence-corrected chi connectivity index (χ2v) is 10.9. The van der Waals surface area contributed by atoms with E-state index in [0.717, 1.165) is 35.5 Å². The van der Waals surface area contributed by atoms with Crippen molar-refractivity contribution in [3.05, 3.63) is 33.8 Å². The summed E-state index contributed by atoms with van der Waals surface area (Å²) >= 11 is 1.56. The maximum atomic E-state index is 13.1. The molecular formula is C26H39NO5S. The van der Waals surface area contributed by atoms with Gasteiger partial charge in [0.2, 0.25) is 0 Å². The van der Waals surface area contributed by atoms with E-state index in [1.165, 1.54) is 0 Å². The highest BCUT2D eigenvalue weighted by Gasteiger charge is 2.42. The number of thiazole rings is 1. The van der Waals surface area contributed by atoms with Gasteiger partial charge in [0.25, 0.3) is 0 Å². The molecule has 0 aromatic carbocycles. The zero-order valence-electron chi connectivity index (χ0n) is 20.7. The molecule has 1 aliphatic heterocycles. The number of hydrogen-bond donors (Lipinski definition) is 2. The first-order chi connectivity index (χ1) is 15.4. The molecule has 5 atom stereocenters. The third kappa shape index (κ3) is 7.59. The Morgan fingerprint density at radius 1 is 1.24 bits per heavy atom. The van der Waals surface area contributed by atoms with Gasteiger partial charge in [-0.3, -0.25) is 9.59 Å². The van der Waals surface area contributed by atoms with E-state index in [0.29, 0.717) is 6.42 Å². The number of aromatic nitrogens is 1. The first-order valence-electron chi connectivity index (χ1n) is 11.8. The maximum absolute atomic E-state index is 13.1. The molecule has 2 heterocycles. The average Bonchev–Trinajstić information content (AvgIpc) is 3.16. The number of nitrogens with zero attached hydrogens (tertiary/aromatic N) is 1. The van der Waals surface area contributed by atoms with Crippen LogP contribution in [0.5, 0.6) is 0 Å². The minimum Gasteiger partial charge on any atom is -0.457 e. The minimum absolute atomic E-state index is 0.0392. The van der Waals surface area contributed by atoms with Crippen LogP contribution in [0.15, 0.2) is 23.1 Å². The first-order valence-corrected chi connectivity index (χ1v) is 12.7. The molecule has 33 heavy (non-hydrogen) atoms. The van der Waals surface area contributed by atoms with Gasteiger partial charge in [0.05, 0.1) is 34.7 Å². The van der Waals surface area contributed by atoms with Gasteiger partial charge in [0.1, 0.15) is 11.9 Å². The third-order valence-corrected chi connectivity index (χ3v) is 7.47. The van der Waals surface area contributed by atoms with Crippen LogP contribution in [0.1, 0.15) is 77.4 Å². The van der Waals surface area contributed by atoms with E-state index in [4.69, 9.17) is 4.74 Å². The summed E-state index contributed by atoms with van der Waals surface area (Å²) in [4.78, 5) is 30.3. The number of esters is 1. The van der Waals surface area contributed by atoms with Gasteiger partial charge in [-0.05, 0) is 50.7 Å². The molecule has 7 heteroatoms. The lowest BCUT2D eigenvalue weighted by Crippen LogP contribution is -2.45. The molecule has 0 spiro atoms. The van der Waals surface area contributed by atoms with Crippen LogP contribution in [0.2, 0.25) is 0 Å². The number of cyclic esters (lactones) is 1. The smallest absolute Gasteiger partial charge is 0.309 e. The number of aliphatic hydroxyl groups is 2. The average molecular weight is 478 g/mol. The molecule has 0 aliphatic carbocycles. The second-order valence-electron chi connectivity index (χ2n) is 9.86. The quantitative estimate of drug-likeness (QED) is 0.466. The van der Waals surface area contributed by atoms with E-state index in [1.54, 1.807) is 32.1 Å². The van der Waals surface area contributed by atoms with Gasteiger partial charge >= 0.3 is 5.97 Å². The Hall–Kier alpha value is -1.83. The van der Waals surface area contributed by atoms with Gasteiger partial charge in [0.15, 0.2) is 0 Å². The normalized spacial score (nSPS) is 30.8. The van der Waals surface area contributed by atoms with Crippen LogP contribution in [0.3, 0.4) is 0 Å². The zero-order valence-corrected chi connectivity index (χ0v) is 21.5. The number of ketones is 1. The highest BCUT2D eigenvalue weighted by Crippen LogP contribution is 2.32. The van der Waals surface area contributed by atoms with Crippen LogP contribution >= 0.6 is 11.3 Å².